The van der Waals surface area contributed by atoms with Crippen molar-refractivity contribution in [3.05, 3.63) is 58.6 Å². The Labute approximate surface area is 187 Å². The first-order valence-corrected chi connectivity index (χ1v) is 10.2. The van der Waals surface area contributed by atoms with Crippen molar-refractivity contribution in [3.8, 4) is 5.75 Å². The Morgan fingerprint density at radius 2 is 1.55 bits per heavy atom. The molecule has 0 aliphatic rings. The summed E-state index contributed by atoms with van der Waals surface area (Å²) in [6.45, 7) is 1.84. The molecular weight excluding hydrogens is 470 g/mol. The molecule has 3 N–H and O–H groups in total. The molecule has 3 amide bonds. The molecular formula is C21H22BrN3O6. The van der Waals surface area contributed by atoms with Crippen LogP contribution in [-0.2, 0) is 19.1 Å². The molecule has 9 nitrogen and oxygen atoms in total. The van der Waals surface area contributed by atoms with E-state index in [0.717, 1.165) is 4.47 Å². The lowest BCUT2D eigenvalue weighted by atomic mass is 10.2. The van der Waals surface area contributed by atoms with Crippen LogP contribution in [0, 0.1) is 0 Å². The van der Waals surface area contributed by atoms with Gasteiger partial charge in [-0.1, -0.05) is 15.9 Å². The predicted octanol–water partition coefficient (Wildman–Crippen LogP) is 2.57. The summed E-state index contributed by atoms with van der Waals surface area (Å²) in [4.78, 5) is 47.2. The second kappa shape index (κ2) is 12.3. The van der Waals surface area contributed by atoms with Crippen molar-refractivity contribution in [1.82, 2.24) is 10.9 Å². The van der Waals surface area contributed by atoms with Gasteiger partial charge in [-0.15, -0.1) is 0 Å². The van der Waals surface area contributed by atoms with E-state index in [4.69, 9.17) is 9.47 Å². The number of benzene rings is 2. The lowest BCUT2D eigenvalue weighted by Gasteiger charge is -2.09. The SMILES string of the molecule is CCOc1ccc(NC(=O)CCC(=O)OCC(=O)NNC(=O)c2ccc(Br)cc2)cc1. The van der Waals surface area contributed by atoms with E-state index in [1.807, 2.05) is 6.92 Å². The molecule has 0 radical (unpaired) electrons. The minimum absolute atomic E-state index is 0.103. The first-order chi connectivity index (χ1) is 14.9. The number of carbonyl (C=O) groups excluding carboxylic acids is 4. The van der Waals surface area contributed by atoms with E-state index < -0.39 is 24.4 Å². The van der Waals surface area contributed by atoms with Gasteiger partial charge >= 0.3 is 5.97 Å². The van der Waals surface area contributed by atoms with Gasteiger partial charge in [0.1, 0.15) is 5.75 Å². The first kappa shape index (κ1) is 23.9. The summed E-state index contributed by atoms with van der Waals surface area (Å²) in [7, 11) is 0. The molecule has 0 saturated heterocycles. The Morgan fingerprint density at radius 1 is 0.871 bits per heavy atom. The van der Waals surface area contributed by atoms with Crippen molar-refractivity contribution in [2.75, 3.05) is 18.5 Å². The number of amides is 3. The minimum Gasteiger partial charge on any atom is -0.494 e. The number of halogens is 1. The van der Waals surface area contributed by atoms with Gasteiger partial charge in [0.2, 0.25) is 5.91 Å². The van der Waals surface area contributed by atoms with Gasteiger partial charge in [0.15, 0.2) is 6.61 Å². The number of carbonyl (C=O) groups is 4. The largest absolute Gasteiger partial charge is 0.494 e. The van der Waals surface area contributed by atoms with E-state index >= 15 is 0 Å². The summed E-state index contributed by atoms with van der Waals surface area (Å²) in [5, 5.41) is 2.65. The van der Waals surface area contributed by atoms with Crippen LogP contribution in [0.25, 0.3) is 0 Å². The third-order valence-corrected chi connectivity index (χ3v) is 4.32. The van der Waals surface area contributed by atoms with Crippen molar-refractivity contribution < 1.29 is 28.7 Å². The highest BCUT2D eigenvalue weighted by Gasteiger charge is 2.12. The van der Waals surface area contributed by atoms with E-state index in [9.17, 15) is 19.2 Å². The van der Waals surface area contributed by atoms with Gasteiger partial charge in [-0.2, -0.15) is 0 Å². The molecule has 0 aliphatic heterocycles. The predicted molar refractivity (Wildman–Crippen MR) is 116 cm³/mol. The van der Waals surface area contributed by atoms with Gasteiger partial charge in [0.25, 0.3) is 11.8 Å². The van der Waals surface area contributed by atoms with Crippen molar-refractivity contribution in [1.29, 1.82) is 0 Å². The summed E-state index contributed by atoms with van der Waals surface area (Å²) >= 11 is 3.26. The van der Waals surface area contributed by atoms with Crippen molar-refractivity contribution >= 4 is 45.3 Å². The fraction of sp³-hybridized carbons (Fsp3) is 0.238. The number of esters is 1. The maximum atomic E-state index is 11.9. The van der Waals surface area contributed by atoms with Crippen molar-refractivity contribution in [3.63, 3.8) is 0 Å². The van der Waals surface area contributed by atoms with Crippen molar-refractivity contribution in [2.45, 2.75) is 19.8 Å². The lowest BCUT2D eigenvalue weighted by molar-refractivity contribution is -0.149. The fourth-order valence-corrected chi connectivity index (χ4v) is 2.56. The number of nitrogens with one attached hydrogen (secondary N) is 3. The molecule has 0 saturated carbocycles. The second-order valence-electron chi connectivity index (χ2n) is 6.18. The standard InChI is InChI=1S/C21H22BrN3O6/c1-2-30-17-9-7-16(8-10-17)23-18(26)11-12-20(28)31-13-19(27)24-25-21(29)14-3-5-15(22)6-4-14/h3-10H,2,11-13H2,1H3,(H,23,26)(H,24,27)(H,25,29). The molecule has 31 heavy (non-hydrogen) atoms. The highest BCUT2D eigenvalue weighted by atomic mass is 79.9. The lowest BCUT2D eigenvalue weighted by Crippen LogP contribution is -2.43. The number of rotatable bonds is 9. The average molecular weight is 492 g/mol. The summed E-state index contributed by atoms with van der Waals surface area (Å²) in [6.07, 6.45) is -0.296. The molecule has 0 heterocycles. The second-order valence-corrected chi connectivity index (χ2v) is 7.09. The number of hydrogen-bond acceptors (Lipinski definition) is 6. The molecule has 0 fully saturated rings. The van der Waals surface area contributed by atoms with Crippen molar-refractivity contribution in [2.24, 2.45) is 0 Å². The summed E-state index contributed by atoms with van der Waals surface area (Å²) in [6, 6.07) is 13.3. The summed E-state index contributed by atoms with van der Waals surface area (Å²) < 4.78 is 10.9. The van der Waals surface area contributed by atoms with Crippen LogP contribution in [-0.4, -0.2) is 36.9 Å². The topological polar surface area (TPSA) is 123 Å². The van der Waals surface area contributed by atoms with E-state index in [0.29, 0.717) is 23.6 Å². The number of anilines is 1. The van der Waals surface area contributed by atoms with E-state index in [2.05, 4.69) is 32.1 Å². The molecule has 2 rings (SSSR count). The van der Waals surface area contributed by atoms with Crippen LogP contribution < -0.4 is 20.9 Å². The third-order valence-electron chi connectivity index (χ3n) is 3.79. The van der Waals surface area contributed by atoms with Gasteiger partial charge in [-0.3, -0.25) is 30.0 Å². The molecule has 10 heteroatoms. The van der Waals surface area contributed by atoms with Gasteiger partial charge in [0.05, 0.1) is 13.0 Å². The Kier molecular flexibility index (Phi) is 9.50. The first-order valence-electron chi connectivity index (χ1n) is 9.40. The monoisotopic (exact) mass is 491 g/mol. The molecule has 0 unspecified atom stereocenters. The summed E-state index contributed by atoms with van der Waals surface area (Å²) in [5.41, 5.74) is 5.28. The van der Waals surface area contributed by atoms with Crippen LogP contribution in [0.4, 0.5) is 5.69 Å². The van der Waals surface area contributed by atoms with E-state index in [1.54, 1.807) is 48.5 Å². The zero-order valence-electron chi connectivity index (χ0n) is 16.8. The maximum Gasteiger partial charge on any atom is 0.306 e. The Balaban J connectivity index is 1.63. The van der Waals surface area contributed by atoms with Gasteiger partial charge < -0.3 is 14.8 Å². The van der Waals surface area contributed by atoms with Crippen LogP contribution >= 0.6 is 15.9 Å². The van der Waals surface area contributed by atoms with Crippen LogP contribution in [0.5, 0.6) is 5.75 Å². The molecule has 2 aromatic rings. The smallest absolute Gasteiger partial charge is 0.306 e. The Hall–Kier alpha value is -3.40. The maximum absolute atomic E-state index is 11.9. The molecule has 2 aromatic carbocycles. The van der Waals surface area contributed by atoms with Gasteiger partial charge in [-0.05, 0) is 55.5 Å². The third kappa shape index (κ3) is 8.87. The fourth-order valence-electron chi connectivity index (χ4n) is 2.29. The highest BCUT2D eigenvalue weighted by Crippen LogP contribution is 2.16. The number of ether oxygens (including phenoxy) is 2. The quantitative estimate of drug-likeness (QED) is 0.365. The zero-order valence-corrected chi connectivity index (χ0v) is 18.4. The van der Waals surface area contributed by atoms with Gasteiger partial charge in [-0.25, -0.2) is 0 Å². The molecule has 0 aromatic heterocycles. The van der Waals surface area contributed by atoms with Crippen LogP contribution in [0.2, 0.25) is 0 Å². The molecule has 0 aliphatic carbocycles. The molecule has 0 bridgehead atoms. The highest BCUT2D eigenvalue weighted by molar-refractivity contribution is 9.10. The zero-order chi connectivity index (χ0) is 22.6. The van der Waals surface area contributed by atoms with E-state index in [-0.39, 0.29) is 18.7 Å². The Morgan fingerprint density at radius 3 is 2.19 bits per heavy atom. The van der Waals surface area contributed by atoms with Gasteiger partial charge in [0, 0.05) is 22.1 Å². The number of hydrazine groups is 1. The summed E-state index contributed by atoms with van der Waals surface area (Å²) in [5.74, 6) is -1.62. The molecule has 0 atom stereocenters. The Bertz CT molecular complexity index is 916. The number of hydrogen-bond donors (Lipinski definition) is 3. The normalized spacial score (nSPS) is 10.0. The van der Waals surface area contributed by atoms with E-state index in [1.165, 1.54) is 0 Å². The van der Waals surface area contributed by atoms with Crippen LogP contribution in [0.1, 0.15) is 30.1 Å². The molecule has 164 valence electrons. The van der Waals surface area contributed by atoms with Crippen LogP contribution in [0.15, 0.2) is 53.0 Å². The van der Waals surface area contributed by atoms with Crippen LogP contribution in [0.3, 0.4) is 0 Å². The molecule has 0 spiro atoms. The average Bonchev–Trinajstić information content (AvgIpc) is 2.76. The minimum atomic E-state index is -0.712.